The Hall–Kier alpha value is -0.820. The van der Waals surface area contributed by atoms with Gasteiger partial charge in [0, 0.05) is 5.92 Å². The van der Waals surface area contributed by atoms with E-state index in [4.69, 9.17) is 0 Å². The Labute approximate surface area is 93.1 Å². The molecule has 0 heterocycles. The molecular weight excluding hydrogens is 184 g/mol. The molecule has 0 saturated carbocycles. The van der Waals surface area contributed by atoms with Gasteiger partial charge < -0.3 is 5.11 Å². The van der Waals surface area contributed by atoms with Crippen LogP contribution in [0.2, 0.25) is 0 Å². The Balaban J connectivity index is 2.42. The zero-order valence-corrected chi connectivity index (χ0v) is 9.82. The summed E-state index contributed by atoms with van der Waals surface area (Å²) in [5.74, 6) is 0.253. The van der Waals surface area contributed by atoms with Crippen LogP contribution in [-0.4, -0.2) is 11.2 Å². The Morgan fingerprint density at radius 2 is 1.80 bits per heavy atom. The molecule has 1 aromatic rings. The highest BCUT2D eigenvalue weighted by atomic mass is 16.3. The van der Waals surface area contributed by atoms with Gasteiger partial charge in [-0.2, -0.15) is 0 Å². The lowest BCUT2D eigenvalue weighted by atomic mass is 9.92. The van der Waals surface area contributed by atoms with Gasteiger partial charge in [0.15, 0.2) is 0 Å². The van der Waals surface area contributed by atoms with E-state index in [1.807, 2.05) is 18.2 Å². The fourth-order valence-corrected chi connectivity index (χ4v) is 1.83. The van der Waals surface area contributed by atoms with Gasteiger partial charge in [0.1, 0.15) is 0 Å². The van der Waals surface area contributed by atoms with Gasteiger partial charge in [-0.25, -0.2) is 0 Å². The van der Waals surface area contributed by atoms with Crippen LogP contribution in [0.3, 0.4) is 0 Å². The molecule has 0 aromatic heterocycles. The zero-order chi connectivity index (χ0) is 11.1. The Kier molecular flexibility index (Phi) is 5.41. The third-order valence-electron chi connectivity index (χ3n) is 3.01. The van der Waals surface area contributed by atoms with E-state index < -0.39 is 0 Å². The van der Waals surface area contributed by atoms with E-state index >= 15 is 0 Å². The largest absolute Gasteiger partial charge is 0.393 e. The van der Waals surface area contributed by atoms with Gasteiger partial charge in [-0.3, -0.25) is 0 Å². The van der Waals surface area contributed by atoms with Crippen LogP contribution in [0, 0.1) is 0 Å². The first-order valence-electron chi connectivity index (χ1n) is 5.98. The molecule has 1 heteroatoms. The first kappa shape index (κ1) is 12.3. The normalized spacial score (nSPS) is 14.9. The molecule has 0 saturated heterocycles. The number of unbranched alkanes of at least 4 members (excludes halogenated alkanes) is 2. The first-order chi connectivity index (χ1) is 7.25. The molecule has 84 valence electrons. The van der Waals surface area contributed by atoms with Gasteiger partial charge in [0.2, 0.25) is 0 Å². The molecule has 0 aliphatic heterocycles. The summed E-state index contributed by atoms with van der Waals surface area (Å²) in [5, 5.41) is 10.00. The zero-order valence-electron chi connectivity index (χ0n) is 9.82. The van der Waals surface area contributed by atoms with Gasteiger partial charge in [0.25, 0.3) is 0 Å². The van der Waals surface area contributed by atoms with Crippen LogP contribution in [0.5, 0.6) is 0 Å². The second-order valence-electron chi connectivity index (χ2n) is 4.26. The van der Waals surface area contributed by atoms with Crippen LogP contribution in [0.1, 0.15) is 51.0 Å². The molecular formula is C14H22O. The van der Waals surface area contributed by atoms with Gasteiger partial charge in [-0.15, -0.1) is 0 Å². The van der Waals surface area contributed by atoms with Crippen molar-refractivity contribution in [2.45, 2.75) is 51.6 Å². The number of aliphatic hydroxyl groups is 1. The fraction of sp³-hybridized carbons (Fsp3) is 0.571. The molecule has 0 bridgehead atoms. The van der Waals surface area contributed by atoms with Crippen molar-refractivity contribution in [1.82, 2.24) is 0 Å². The molecule has 0 radical (unpaired) electrons. The molecule has 1 aromatic carbocycles. The van der Waals surface area contributed by atoms with E-state index in [0.717, 1.165) is 12.8 Å². The van der Waals surface area contributed by atoms with Crippen molar-refractivity contribution >= 4 is 0 Å². The maximum Gasteiger partial charge on any atom is 0.0606 e. The van der Waals surface area contributed by atoms with Crippen molar-refractivity contribution in [1.29, 1.82) is 0 Å². The predicted molar refractivity (Wildman–Crippen MR) is 65.0 cm³/mol. The van der Waals surface area contributed by atoms with Crippen LogP contribution in [0.4, 0.5) is 0 Å². The highest BCUT2D eigenvalue weighted by molar-refractivity contribution is 5.19. The maximum absolute atomic E-state index is 10.00. The number of hydrogen-bond donors (Lipinski definition) is 1. The summed E-state index contributed by atoms with van der Waals surface area (Å²) in [6, 6.07) is 10.3. The van der Waals surface area contributed by atoms with E-state index in [1.165, 1.54) is 18.4 Å². The number of aliphatic hydroxyl groups excluding tert-OH is 1. The standard InChI is InChI=1S/C14H22O/c1-3-4-6-11-14(15)12(2)13-9-7-5-8-10-13/h5,7-10,12,14-15H,3-4,6,11H2,1-2H3. The van der Waals surface area contributed by atoms with Crippen LogP contribution in [-0.2, 0) is 0 Å². The van der Waals surface area contributed by atoms with Crippen LogP contribution >= 0.6 is 0 Å². The summed E-state index contributed by atoms with van der Waals surface area (Å²) in [4.78, 5) is 0. The summed E-state index contributed by atoms with van der Waals surface area (Å²) in [7, 11) is 0. The van der Waals surface area contributed by atoms with Gasteiger partial charge in [0.05, 0.1) is 6.10 Å². The lowest BCUT2D eigenvalue weighted by Gasteiger charge is -2.19. The van der Waals surface area contributed by atoms with E-state index in [0.29, 0.717) is 0 Å². The third-order valence-corrected chi connectivity index (χ3v) is 3.01. The van der Waals surface area contributed by atoms with Crippen LogP contribution < -0.4 is 0 Å². The number of rotatable bonds is 6. The lowest BCUT2D eigenvalue weighted by Crippen LogP contribution is -2.15. The molecule has 1 nitrogen and oxygen atoms in total. The minimum absolute atomic E-state index is 0.195. The minimum atomic E-state index is -0.195. The molecule has 0 aliphatic carbocycles. The highest BCUT2D eigenvalue weighted by Crippen LogP contribution is 2.22. The van der Waals surface area contributed by atoms with E-state index in [9.17, 15) is 5.11 Å². The van der Waals surface area contributed by atoms with E-state index in [-0.39, 0.29) is 12.0 Å². The summed E-state index contributed by atoms with van der Waals surface area (Å²) >= 11 is 0. The van der Waals surface area contributed by atoms with Crippen molar-refractivity contribution in [3.8, 4) is 0 Å². The van der Waals surface area contributed by atoms with E-state index in [1.54, 1.807) is 0 Å². The summed E-state index contributed by atoms with van der Waals surface area (Å²) < 4.78 is 0. The highest BCUT2D eigenvalue weighted by Gasteiger charge is 2.14. The van der Waals surface area contributed by atoms with E-state index in [2.05, 4.69) is 26.0 Å². The topological polar surface area (TPSA) is 20.2 Å². The van der Waals surface area contributed by atoms with Crippen molar-refractivity contribution in [3.63, 3.8) is 0 Å². The average Bonchev–Trinajstić information content (AvgIpc) is 2.29. The summed E-state index contributed by atoms with van der Waals surface area (Å²) in [6.45, 7) is 4.29. The third kappa shape index (κ3) is 4.05. The smallest absolute Gasteiger partial charge is 0.0606 e. The molecule has 0 fully saturated rings. The number of benzene rings is 1. The monoisotopic (exact) mass is 206 g/mol. The maximum atomic E-state index is 10.00. The van der Waals surface area contributed by atoms with Crippen molar-refractivity contribution in [3.05, 3.63) is 35.9 Å². The van der Waals surface area contributed by atoms with Gasteiger partial charge >= 0.3 is 0 Å². The Morgan fingerprint density at radius 1 is 1.13 bits per heavy atom. The molecule has 15 heavy (non-hydrogen) atoms. The lowest BCUT2D eigenvalue weighted by molar-refractivity contribution is 0.136. The second-order valence-corrected chi connectivity index (χ2v) is 4.26. The van der Waals surface area contributed by atoms with Crippen molar-refractivity contribution in [2.75, 3.05) is 0 Å². The quantitative estimate of drug-likeness (QED) is 0.703. The average molecular weight is 206 g/mol. The number of hydrogen-bond acceptors (Lipinski definition) is 1. The molecule has 0 aliphatic rings. The summed E-state index contributed by atoms with van der Waals surface area (Å²) in [5.41, 5.74) is 1.24. The van der Waals surface area contributed by atoms with Gasteiger partial charge in [-0.1, -0.05) is 63.4 Å². The second kappa shape index (κ2) is 6.62. The molecule has 0 amide bonds. The van der Waals surface area contributed by atoms with Crippen molar-refractivity contribution < 1.29 is 5.11 Å². The summed E-state index contributed by atoms with van der Waals surface area (Å²) in [6.07, 6.45) is 4.29. The Morgan fingerprint density at radius 3 is 2.40 bits per heavy atom. The fourth-order valence-electron chi connectivity index (χ4n) is 1.83. The molecule has 1 N–H and O–H groups in total. The predicted octanol–water partition coefficient (Wildman–Crippen LogP) is 3.73. The first-order valence-corrected chi connectivity index (χ1v) is 5.98. The molecule has 0 spiro atoms. The Bertz CT molecular complexity index is 255. The molecule has 2 atom stereocenters. The van der Waals surface area contributed by atoms with Crippen LogP contribution in [0.25, 0.3) is 0 Å². The molecule has 2 unspecified atom stereocenters. The SMILES string of the molecule is CCCCCC(O)C(C)c1ccccc1. The van der Waals surface area contributed by atoms with Crippen LogP contribution in [0.15, 0.2) is 30.3 Å². The minimum Gasteiger partial charge on any atom is -0.393 e. The van der Waals surface area contributed by atoms with Gasteiger partial charge in [-0.05, 0) is 12.0 Å². The molecule has 1 rings (SSSR count). The van der Waals surface area contributed by atoms with Crippen molar-refractivity contribution in [2.24, 2.45) is 0 Å².